The number of nitrogens with two attached hydrogens (primary N) is 1. The SMILES string of the molecule is CC(OC(=O)OCC(O)CO)OC(=O)C1=C(/C=N/NC2=NCCCN2)CSC2C(NC(=O)/C(=N\OCF)c3nsc(N)n3)C(=O)N12. The molecule has 0 bridgehead atoms. The second-order valence-electron chi connectivity index (χ2n) is 9.24. The lowest BCUT2D eigenvalue weighted by atomic mass is 10.0. The maximum atomic E-state index is 13.4. The fourth-order valence-electron chi connectivity index (χ4n) is 3.94. The minimum Gasteiger partial charge on any atom is -0.431 e. The second-order valence-corrected chi connectivity index (χ2v) is 11.1. The molecule has 2 amide bonds. The molecule has 0 saturated carbocycles. The predicted molar refractivity (Wildman–Crippen MR) is 158 cm³/mol. The molecule has 3 aliphatic rings. The Labute approximate surface area is 267 Å². The number of fused-ring (bicyclic) bond motifs is 1. The molecular weight excluding hydrogens is 659 g/mol. The molecular formula is C23H29FN10O10S2. The maximum absolute atomic E-state index is 13.4. The van der Waals surface area contributed by atoms with E-state index in [4.69, 9.17) is 20.3 Å². The standard InChI is InChI=1S/C23H29FN10O10S2/c1-10(44-23(40)41-7-12(36)6-35)43-20(39)15-11(5-28-31-22-26-3-2-4-27-22)8-45-19-14(18(38)34(15)19)29-17(37)13(32-42-9-24)16-30-21(25)46-33-16/h5,10,12,14,19,35-36H,2-4,6-9H2,1H3,(H,29,37)(H2,25,30,33)(H2,26,27,31)/b28-5+,32-13-. The molecule has 0 aliphatic carbocycles. The number of β-lactam (4-membered cyclic amide) rings is 1. The number of amides is 2. The first-order chi connectivity index (χ1) is 22.1. The molecule has 1 saturated heterocycles. The van der Waals surface area contributed by atoms with Crippen LogP contribution in [0.5, 0.6) is 0 Å². The highest BCUT2D eigenvalue weighted by atomic mass is 32.2. The number of hydrogen-bond acceptors (Lipinski definition) is 20. The number of aliphatic hydroxyl groups excluding tert-OH is 2. The summed E-state index contributed by atoms with van der Waals surface area (Å²) in [5.41, 5.74) is 7.76. The molecule has 0 radical (unpaired) electrons. The zero-order chi connectivity index (χ0) is 33.2. The number of alkyl halides is 1. The summed E-state index contributed by atoms with van der Waals surface area (Å²) in [6.07, 6.45) is -1.99. The van der Waals surface area contributed by atoms with Gasteiger partial charge < -0.3 is 45.6 Å². The third-order valence-electron chi connectivity index (χ3n) is 5.98. The lowest BCUT2D eigenvalue weighted by molar-refractivity contribution is -0.169. The van der Waals surface area contributed by atoms with Crippen LogP contribution in [0.2, 0.25) is 0 Å². The molecule has 3 aliphatic heterocycles. The predicted octanol–water partition coefficient (Wildman–Crippen LogP) is -2.26. The van der Waals surface area contributed by atoms with E-state index in [0.717, 1.165) is 22.9 Å². The molecule has 1 aromatic heterocycles. The van der Waals surface area contributed by atoms with Crippen molar-refractivity contribution in [2.45, 2.75) is 37.2 Å². The summed E-state index contributed by atoms with van der Waals surface area (Å²) >= 11 is 1.94. The van der Waals surface area contributed by atoms with Crippen LogP contribution >= 0.6 is 23.3 Å². The number of hydrazone groups is 1. The van der Waals surface area contributed by atoms with E-state index in [1.54, 1.807) is 0 Å². The first-order valence-corrected chi connectivity index (χ1v) is 15.2. The smallest absolute Gasteiger partial charge is 0.431 e. The molecule has 4 atom stereocenters. The van der Waals surface area contributed by atoms with Crippen LogP contribution in [0.15, 0.2) is 26.5 Å². The summed E-state index contributed by atoms with van der Waals surface area (Å²) in [5, 5.41) is 30.3. The Morgan fingerprint density at radius 1 is 1.35 bits per heavy atom. The van der Waals surface area contributed by atoms with E-state index in [1.165, 1.54) is 24.9 Å². The van der Waals surface area contributed by atoms with Gasteiger partial charge in [0.25, 0.3) is 18.7 Å². The second kappa shape index (κ2) is 16.1. The van der Waals surface area contributed by atoms with Gasteiger partial charge in [-0.3, -0.25) is 19.5 Å². The molecule has 46 heavy (non-hydrogen) atoms. The lowest BCUT2D eigenvalue weighted by Crippen LogP contribution is -2.71. The number of anilines is 1. The fourth-order valence-corrected chi connectivity index (χ4v) is 5.67. The number of nitrogen functional groups attached to an aromatic ring is 1. The van der Waals surface area contributed by atoms with Crippen molar-refractivity contribution >= 4 is 70.3 Å². The summed E-state index contributed by atoms with van der Waals surface area (Å²) in [6.45, 7) is -0.0908. The van der Waals surface area contributed by atoms with Gasteiger partial charge in [0.15, 0.2) is 5.13 Å². The molecule has 4 heterocycles. The van der Waals surface area contributed by atoms with Crippen LogP contribution in [0.4, 0.5) is 14.3 Å². The Balaban J connectivity index is 1.50. The average Bonchev–Trinajstić information content (AvgIpc) is 3.48. The van der Waals surface area contributed by atoms with Gasteiger partial charge >= 0.3 is 12.1 Å². The molecule has 1 fully saturated rings. The first-order valence-electron chi connectivity index (χ1n) is 13.4. The van der Waals surface area contributed by atoms with Crippen molar-refractivity contribution in [1.29, 1.82) is 0 Å². The zero-order valence-electron chi connectivity index (χ0n) is 24.0. The number of nitrogens with zero attached hydrogens (tertiary/aromatic N) is 6. The number of thioether (sulfide) groups is 1. The van der Waals surface area contributed by atoms with Crippen LogP contribution in [0.25, 0.3) is 0 Å². The number of oxime groups is 1. The van der Waals surface area contributed by atoms with E-state index in [0.29, 0.717) is 19.0 Å². The van der Waals surface area contributed by atoms with Gasteiger partial charge in [-0.15, -0.1) is 11.8 Å². The van der Waals surface area contributed by atoms with E-state index in [2.05, 4.69) is 50.2 Å². The zero-order valence-corrected chi connectivity index (χ0v) is 25.6. The number of aliphatic hydroxyl groups is 2. The van der Waals surface area contributed by atoms with Crippen molar-refractivity contribution in [3.63, 3.8) is 0 Å². The number of carbonyl (C=O) groups is 4. The van der Waals surface area contributed by atoms with Crippen LogP contribution in [-0.4, -0.2) is 129 Å². The van der Waals surface area contributed by atoms with E-state index in [-0.39, 0.29) is 28.0 Å². The Morgan fingerprint density at radius 3 is 2.83 bits per heavy atom. The van der Waals surface area contributed by atoms with Crippen LogP contribution in [-0.2, 0) is 33.4 Å². The molecule has 250 valence electrons. The van der Waals surface area contributed by atoms with Crippen molar-refractivity contribution in [3.8, 4) is 0 Å². The summed E-state index contributed by atoms with van der Waals surface area (Å²) < 4.78 is 31.2. The van der Waals surface area contributed by atoms with Gasteiger partial charge in [-0.05, 0) is 6.42 Å². The Bertz CT molecular complexity index is 1440. The molecule has 1 aromatic rings. The van der Waals surface area contributed by atoms with Crippen LogP contribution in [0.3, 0.4) is 0 Å². The topological polar surface area (TPSA) is 274 Å². The Kier molecular flexibility index (Phi) is 12.0. The third kappa shape index (κ3) is 8.55. The van der Waals surface area contributed by atoms with Crippen molar-refractivity contribution in [2.75, 3.05) is 44.7 Å². The third-order valence-corrected chi connectivity index (χ3v) is 7.82. The molecule has 0 spiro atoms. The number of carbonyl (C=O) groups excluding carboxylic acids is 4. The number of aliphatic imine (C=N–C) groups is 1. The summed E-state index contributed by atoms with van der Waals surface area (Å²) in [7, 11) is 0. The fraction of sp³-hybridized carbons (Fsp3) is 0.522. The normalized spacial score (nSPS) is 20.9. The van der Waals surface area contributed by atoms with Crippen molar-refractivity contribution in [2.24, 2.45) is 15.2 Å². The molecule has 4 unspecified atom stereocenters. The first kappa shape index (κ1) is 34.3. The van der Waals surface area contributed by atoms with E-state index < -0.39 is 73.5 Å². The van der Waals surface area contributed by atoms with Gasteiger partial charge in [0.05, 0.1) is 12.8 Å². The number of aromatic nitrogens is 2. The van der Waals surface area contributed by atoms with Crippen molar-refractivity contribution < 1.29 is 52.8 Å². The van der Waals surface area contributed by atoms with Gasteiger partial charge in [-0.1, -0.05) is 5.16 Å². The minimum absolute atomic E-state index is 0.00187. The van der Waals surface area contributed by atoms with E-state index in [9.17, 15) is 28.7 Å². The van der Waals surface area contributed by atoms with Crippen LogP contribution < -0.4 is 21.8 Å². The van der Waals surface area contributed by atoms with Gasteiger partial charge in [-0.25, -0.2) is 19.4 Å². The average molecular weight is 689 g/mol. The van der Waals surface area contributed by atoms with Crippen LogP contribution in [0, 0.1) is 0 Å². The molecule has 0 aromatic carbocycles. The number of guanidine groups is 1. The van der Waals surface area contributed by atoms with E-state index in [1.807, 2.05) is 0 Å². The van der Waals surface area contributed by atoms with Crippen molar-refractivity contribution in [1.82, 2.24) is 30.3 Å². The number of hydrogen-bond donors (Lipinski definition) is 6. The number of esters is 1. The Morgan fingerprint density at radius 2 is 2.15 bits per heavy atom. The van der Waals surface area contributed by atoms with Gasteiger partial charge in [0, 0.05) is 42.9 Å². The number of halogens is 1. The maximum Gasteiger partial charge on any atom is 0.511 e. The molecule has 23 heteroatoms. The highest BCUT2D eigenvalue weighted by Gasteiger charge is 2.55. The number of rotatable bonds is 13. The van der Waals surface area contributed by atoms with Crippen LogP contribution in [0.1, 0.15) is 19.2 Å². The Hall–Kier alpha value is -4.61. The van der Waals surface area contributed by atoms with Gasteiger partial charge in [-0.2, -0.15) is 14.5 Å². The lowest BCUT2D eigenvalue weighted by Gasteiger charge is -2.49. The highest BCUT2D eigenvalue weighted by Crippen LogP contribution is 2.40. The molecule has 4 rings (SSSR count). The molecule has 7 N–H and O–H groups in total. The van der Waals surface area contributed by atoms with Gasteiger partial charge in [0.2, 0.25) is 23.8 Å². The summed E-state index contributed by atoms with van der Waals surface area (Å²) in [4.78, 5) is 65.2. The number of ether oxygens (including phenoxy) is 3. The van der Waals surface area contributed by atoms with Gasteiger partial charge in [0.1, 0.15) is 29.8 Å². The largest absolute Gasteiger partial charge is 0.511 e. The highest BCUT2D eigenvalue weighted by molar-refractivity contribution is 8.00. The van der Waals surface area contributed by atoms with Crippen molar-refractivity contribution in [3.05, 3.63) is 17.1 Å². The monoisotopic (exact) mass is 688 g/mol. The van der Waals surface area contributed by atoms with E-state index >= 15 is 0 Å². The quantitative estimate of drug-likeness (QED) is 0.0420. The number of nitrogens with one attached hydrogen (secondary N) is 3. The summed E-state index contributed by atoms with van der Waals surface area (Å²) in [5.74, 6) is -2.50. The summed E-state index contributed by atoms with van der Waals surface area (Å²) in [6, 6.07) is -1.18. The minimum atomic E-state index is -1.51. The molecule has 20 nitrogen and oxygen atoms in total.